The van der Waals surface area contributed by atoms with E-state index in [-0.39, 0.29) is 12.4 Å². The van der Waals surface area contributed by atoms with E-state index in [9.17, 15) is 0 Å². The van der Waals surface area contributed by atoms with Gasteiger partial charge in [-0.05, 0) is 25.0 Å². The molecule has 0 aliphatic carbocycles. The van der Waals surface area contributed by atoms with Crippen molar-refractivity contribution in [3.05, 3.63) is 35.8 Å². The van der Waals surface area contributed by atoms with Gasteiger partial charge >= 0.3 is 0 Å². The van der Waals surface area contributed by atoms with Crippen LogP contribution in [0.2, 0.25) is 0 Å². The molecule has 0 aliphatic heterocycles. The van der Waals surface area contributed by atoms with Crippen LogP contribution >= 0.6 is 12.4 Å². The highest BCUT2D eigenvalue weighted by Gasteiger charge is 2.06. The van der Waals surface area contributed by atoms with Crippen LogP contribution in [-0.2, 0) is 20.1 Å². The summed E-state index contributed by atoms with van der Waals surface area (Å²) in [6, 6.07) is 6.27. The summed E-state index contributed by atoms with van der Waals surface area (Å²) in [5, 5.41) is 7.94. The van der Waals surface area contributed by atoms with E-state index >= 15 is 0 Å². The molecule has 0 saturated carbocycles. The molecule has 106 valence electrons. The Balaban J connectivity index is 0.00000180. The molecule has 1 N–H and O–H groups in total. The second-order valence-electron chi connectivity index (χ2n) is 5.21. The Bertz CT molecular complexity index is 513. The van der Waals surface area contributed by atoms with Gasteiger partial charge in [-0.1, -0.05) is 13.8 Å². The molecule has 19 heavy (non-hydrogen) atoms. The second-order valence-corrected chi connectivity index (χ2v) is 5.21. The minimum absolute atomic E-state index is 0. The highest BCUT2D eigenvalue weighted by atomic mass is 35.5. The number of nitrogens with one attached hydrogen (secondary N) is 1. The van der Waals surface area contributed by atoms with Gasteiger partial charge in [0.05, 0.1) is 6.54 Å². The molecular weight excluding hydrogens is 260 g/mol. The van der Waals surface area contributed by atoms with E-state index < -0.39 is 0 Å². The average molecular weight is 283 g/mol. The number of rotatable bonds is 5. The van der Waals surface area contributed by atoms with Crippen LogP contribution in [0.25, 0.3) is 0 Å². The van der Waals surface area contributed by atoms with Crippen LogP contribution in [0, 0.1) is 12.8 Å². The SMILES string of the molecule is Cc1cc(NCc2cccn2C)nn1CC(C)C.Cl. The van der Waals surface area contributed by atoms with E-state index in [4.69, 9.17) is 0 Å². The van der Waals surface area contributed by atoms with Gasteiger partial charge in [-0.3, -0.25) is 4.68 Å². The predicted octanol–water partition coefficient (Wildman–Crippen LogP) is 3.22. The van der Waals surface area contributed by atoms with Crippen LogP contribution in [0.15, 0.2) is 24.4 Å². The monoisotopic (exact) mass is 282 g/mol. The molecule has 0 spiro atoms. The van der Waals surface area contributed by atoms with Gasteiger partial charge < -0.3 is 9.88 Å². The Morgan fingerprint density at radius 3 is 2.68 bits per heavy atom. The standard InChI is InChI=1S/C14H22N4.ClH/c1-11(2)10-18-12(3)8-14(16-18)15-9-13-6-5-7-17(13)4;/h5-8,11H,9-10H2,1-4H3,(H,15,16);1H. The third-order valence-electron chi connectivity index (χ3n) is 3.02. The molecule has 0 aromatic carbocycles. The topological polar surface area (TPSA) is 34.8 Å². The van der Waals surface area contributed by atoms with E-state index in [1.807, 2.05) is 0 Å². The molecule has 2 rings (SSSR count). The zero-order valence-electron chi connectivity index (χ0n) is 12.1. The largest absolute Gasteiger partial charge is 0.363 e. The molecule has 0 atom stereocenters. The Kier molecular flexibility index (Phi) is 5.48. The number of aromatic nitrogens is 3. The lowest BCUT2D eigenvalue weighted by Crippen LogP contribution is -2.09. The van der Waals surface area contributed by atoms with Crippen molar-refractivity contribution in [1.29, 1.82) is 0 Å². The normalized spacial score (nSPS) is 10.6. The highest BCUT2D eigenvalue weighted by molar-refractivity contribution is 5.85. The fraction of sp³-hybridized carbons (Fsp3) is 0.500. The molecule has 0 saturated heterocycles. The second kappa shape index (κ2) is 6.66. The summed E-state index contributed by atoms with van der Waals surface area (Å²) >= 11 is 0. The Morgan fingerprint density at radius 2 is 2.11 bits per heavy atom. The zero-order valence-corrected chi connectivity index (χ0v) is 12.9. The van der Waals surface area contributed by atoms with Crippen molar-refractivity contribution < 1.29 is 0 Å². The first-order valence-corrected chi connectivity index (χ1v) is 6.45. The van der Waals surface area contributed by atoms with Gasteiger partial charge in [0.1, 0.15) is 5.82 Å². The van der Waals surface area contributed by atoms with Gasteiger partial charge in [-0.2, -0.15) is 5.10 Å². The van der Waals surface area contributed by atoms with Crippen LogP contribution in [0.4, 0.5) is 5.82 Å². The van der Waals surface area contributed by atoms with Crippen LogP contribution < -0.4 is 5.32 Å². The van der Waals surface area contributed by atoms with Crippen molar-refractivity contribution in [1.82, 2.24) is 14.3 Å². The van der Waals surface area contributed by atoms with Crippen LogP contribution in [0.3, 0.4) is 0 Å². The fourth-order valence-electron chi connectivity index (χ4n) is 1.99. The molecule has 0 radical (unpaired) electrons. The maximum Gasteiger partial charge on any atom is 0.148 e. The zero-order chi connectivity index (χ0) is 13.1. The summed E-state index contributed by atoms with van der Waals surface area (Å²) in [4.78, 5) is 0. The highest BCUT2D eigenvalue weighted by Crippen LogP contribution is 2.12. The Labute approximate surface area is 121 Å². The van der Waals surface area contributed by atoms with E-state index in [2.05, 4.69) is 71.9 Å². The van der Waals surface area contributed by atoms with Crippen LogP contribution in [0.1, 0.15) is 25.2 Å². The lowest BCUT2D eigenvalue weighted by atomic mass is 10.2. The van der Waals surface area contributed by atoms with E-state index in [1.54, 1.807) is 0 Å². The number of nitrogens with zero attached hydrogens (tertiary/aromatic N) is 3. The molecule has 2 aromatic rings. The first-order valence-electron chi connectivity index (χ1n) is 6.45. The molecule has 2 aromatic heterocycles. The number of anilines is 1. The van der Waals surface area contributed by atoms with Crippen molar-refractivity contribution in [3.8, 4) is 0 Å². The molecule has 0 fully saturated rings. The lowest BCUT2D eigenvalue weighted by Gasteiger charge is -2.07. The van der Waals surface area contributed by atoms with Crippen molar-refractivity contribution in [3.63, 3.8) is 0 Å². The summed E-state index contributed by atoms with van der Waals surface area (Å²) in [5.41, 5.74) is 2.46. The Hall–Kier alpha value is -1.42. The molecule has 0 unspecified atom stereocenters. The first kappa shape index (κ1) is 15.6. The molecule has 2 heterocycles. The van der Waals surface area contributed by atoms with E-state index in [0.29, 0.717) is 5.92 Å². The van der Waals surface area contributed by atoms with E-state index in [0.717, 1.165) is 18.9 Å². The third kappa shape index (κ3) is 4.03. The van der Waals surface area contributed by atoms with Gasteiger partial charge in [0, 0.05) is 37.2 Å². The fourth-order valence-corrected chi connectivity index (χ4v) is 1.99. The summed E-state index contributed by atoms with van der Waals surface area (Å²) < 4.78 is 4.18. The van der Waals surface area contributed by atoms with Crippen molar-refractivity contribution >= 4 is 18.2 Å². The molecular formula is C14H23ClN4. The van der Waals surface area contributed by atoms with Gasteiger partial charge in [0.15, 0.2) is 0 Å². The molecule has 5 heteroatoms. The van der Waals surface area contributed by atoms with Gasteiger partial charge in [0.25, 0.3) is 0 Å². The smallest absolute Gasteiger partial charge is 0.148 e. The van der Waals surface area contributed by atoms with Crippen molar-refractivity contribution in [2.24, 2.45) is 13.0 Å². The summed E-state index contributed by atoms with van der Waals surface area (Å²) in [5.74, 6) is 1.57. The lowest BCUT2D eigenvalue weighted by molar-refractivity contribution is 0.475. The van der Waals surface area contributed by atoms with Gasteiger partial charge in [-0.25, -0.2) is 0 Å². The molecule has 0 bridgehead atoms. The minimum Gasteiger partial charge on any atom is -0.363 e. The van der Waals surface area contributed by atoms with Crippen molar-refractivity contribution in [2.45, 2.75) is 33.9 Å². The quantitative estimate of drug-likeness (QED) is 0.914. The summed E-state index contributed by atoms with van der Waals surface area (Å²) in [6.45, 7) is 8.29. The van der Waals surface area contributed by atoms with Crippen molar-refractivity contribution in [2.75, 3.05) is 5.32 Å². The maximum absolute atomic E-state index is 4.58. The Morgan fingerprint density at radius 1 is 1.37 bits per heavy atom. The summed E-state index contributed by atoms with van der Waals surface area (Å²) in [7, 11) is 2.06. The molecule has 0 aliphatic rings. The van der Waals surface area contributed by atoms with Gasteiger partial charge in [0.2, 0.25) is 0 Å². The number of hydrogen-bond donors (Lipinski definition) is 1. The first-order chi connectivity index (χ1) is 8.56. The van der Waals surface area contributed by atoms with Crippen LogP contribution in [-0.4, -0.2) is 14.3 Å². The predicted molar refractivity (Wildman–Crippen MR) is 81.8 cm³/mol. The minimum atomic E-state index is 0. The maximum atomic E-state index is 4.58. The molecule has 0 amide bonds. The average Bonchev–Trinajstić information content (AvgIpc) is 2.83. The van der Waals surface area contributed by atoms with Crippen LogP contribution in [0.5, 0.6) is 0 Å². The number of halogens is 1. The number of hydrogen-bond acceptors (Lipinski definition) is 2. The van der Waals surface area contributed by atoms with Gasteiger partial charge in [-0.15, -0.1) is 12.4 Å². The summed E-state index contributed by atoms with van der Waals surface area (Å²) in [6.07, 6.45) is 2.06. The molecule has 4 nitrogen and oxygen atoms in total. The van der Waals surface area contributed by atoms with E-state index in [1.165, 1.54) is 11.4 Å². The number of aryl methyl sites for hydroxylation is 2. The third-order valence-corrected chi connectivity index (χ3v) is 3.02.